The largest absolute Gasteiger partial charge is 0.0588 e. The second-order valence-electron chi connectivity index (χ2n) is 18.5. The minimum atomic E-state index is 0.0387. The average molecular weight is 475 g/mol. The van der Waals surface area contributed by atoms with E-state index in [0.717, 1.165) is 0 Å². The molecular formula is C34H66. The molecule has 0 unspecified atom stereocenters. The molecule has 0 aromatic rings. The lowest BCUT2D eigenvalue weighted by Gasteiger charge is -2.80. The Morgan fingerprint density at radius 3 is 0.353 bits per heavy atom. The van der Waals surface area contributed by atoms with E-state index in [1.165, 1.54) is 0 Å². The average Bonchev–Trinajstić information content (AvgIpc) is 2.63. The van der Waals surface area contributed by atoms with E-state index < -0.39 is 0 Å². The third-order valence-electron chi connectivity index (χ3n) is 18.4. The Morgan fingerprint density at radius 1 is 0.147 bits per heavy atom. The minimum absolute atomic E-state index is 0.0387. The van der Waals surface area contributed by atoms with Crippen molar-refractivity contribution < 1.29 is 0 Å². The van der Waals surface area contributed by atoms with Gasteiger partial charge in [-0.25, -0.2) is 0 Å². The van der Waals surface area contributed by atoms with E-state index in [2.05, 4.69) is 152 Å². The molecule has 0 atom stereocenters. The third-order valence-corrected chi connectivity index (χ3v) is 18.4. The van der Waals surface area contributed by atoms with E-state index in [-0.39, 0.29) is 65.0 Å². The van der Waals surface area contributed by atoms with Gasteiger partial charge in [-0.2, -0.15) is 0 Å². The molecule has 0 nitrogen and oxygen atoms in total. The number of fused-ring (bicyclic) bond motifs is 7. The van der Waals surface area contributed by atoms with Crippen LogP contribution >= 0.6 is 0 Å². The van der Waals surface area contributed by atoms with Crippen LogP contribution in [0.1, 0.15) is 152 Å². The quantitative estimate of drug-likeness (QED) is 0.327. The lowest BCUT2D eigenvalue weighted by molar-refractivity contribution is -0.331. The molecule has 3 aliphatic carbocycles. The van der Waals surface area contributed by atoms with Crippen molar-refractivity contribution >= 4 is 0 Å². The topological polar surface area (TPSA) is 0 Å². The summed E-state index contributed by atoms with van der Waals surface area (Å²) in [7, 11) is 0. The molecule has 0 amide bonds. The van der Waals surface area contributed by atoms with Crippen LogP contribution in [0.15, 0.2) is 0 Å². The third kappa shape index (κ3) is 2.25. The van der Waals surface area contributed by atoms with Crippen molar-refractivity contribution in [2.45, 2.75) is 152 Å². The van der Waals surface area contributed by atoms with Crippen LogP contribution in [0.3, 0.4) is 0 Å². The number of rotatable bonds is 0. The summed E-state index contributed by atoms with van der Waals surface area (Å²) in [6.07, 6.45) is 0. The highest BCUT2D eigenvalue weighted by atomic mass is 14.9. The van der Waals surface area contributed by atoms with Crippen LogP contribution in [0.5, 0.6) is 0 Å². The molecule has 3 saturated carbocycles. The highest BCUT2D eigenvalue weighted by molar-refractivity contribution is 5.30. The maximum Gasteiger partial charge on any atom is -0.0156 e. The maximum absolute atomic E-state index is 2.71. The fourth-order valence-corrected chi connectivity index (χ4v) is 11.6. The predicted molar refractivity (Wildman–Crippen MR) is 154 cm³/mol. The Morgan fingerprint density at radius 2 is 0.235 bits per heavy atom. The van der Waals surface area contributed by atoms with E-state index in [4.69, 9.17) is 0 Å². The fraction of sp³-hybridized carbons (Fsp3) is 1.00. The Balaban J connectivity index is 3.59. The molecule has 0 aliphatic heterocycles. The Hall–Kier alpha value is 0. The number of hydrogen-bond acceptors (Lipinski definition) is 0. The summed E-state index contributed by atoms with van der Waals surface area (Å²) in [5.41, 5.74) is 0.806. The summed E-state index contributed by atoms with van der Waals surface area (Å²) in [5.74, 6) is 0. The summed E-state index contributed by atoms with van der Waals surface area (Å²) < 4.78 is 0. The molecule has 0 heterocycles. The second kappa shape index (κ2) is 6.52. The van der Waals surface area contributed by atoms with E-state index in [0.29, 0.717) is 0 Å². The minimum Gasteiger partial charge on any atom is -0.0588 e. The molecule has 0 aromatic carbocycles. The van der Waals surface area contributed by atoms with Crippen molar-refractivity contribution in [1.29, 1.82) is 0 Å². The standard InChI is InChI=1S/C34H66/c1-23(2)24(3,4)28(11,12)34(22)31(17,18)25(5,6)29(13,14)33(21,27(23,9)10)30(15,16)26(7,8)32(34,19)20/h1-22H3. The van der Waals surface area contributed by atoms with Crippen molar-refractivity contribution in [3.05, 3.63) is 0 Å². The molecule has 2 bridgehead atoms. The van der Waals surface area contributed by atoms with Crippen molar-refractivity contribution in [3.63, 3.8) is 0 Å². The summed E-state index contributed by atoms with van der Waals surface area (Å²) in [4.78, 5) is 0. The summed E-state index contributed by atoms with van der Waals surface area (Å²) in [6, 6.07) is 0. The van der Waals surface area contributed by atoms with Crippen LogP contribution in [-0.4, -0.2) is 0 Å². The Labute approximate surface area is 217 Å². The molecular weight excluding hydrogens is 408 g/mol. The van der Waals surface area contributed by atoms with Gasteiger partial charge in [-0.3, -0.25) is 0 Å². The van der Waals surface area contributed by atoms with Crippen molar-refractivity contribution in [3.8, 4) is 0 Å². The highest BCUT2D eigenvalue weighted by Gasteiger charge is 2.83. The molecule has 0 spiro atoms. The molecule has 0 heteroatoms. The van der Waals surface area contributed by atoms with E-state index >= 15 is 0 Å². The van der Waals surface area contributed by atoms with Gasteiger partial charge < -0.3 is 0 Å². The lowest BCUT2D eigenvalue weighted by atomic mass is 9.23. The van der Waals surface area contributed by atoms with Gasteiger partial charge in [0.25, 0.3) is 0 Å². The van der Waals surface area contributed by atoms with Crippen molar-refractivity contribution in [2.24, 2.45) is 65.0 Å². The van der Waals surface area contributed by atoms with Crippen LogP contribution in [-0.2, 0) is 0 Å². The molecule has 3 fully saturated rings. The van der Waals surface area contributed by atoms with Gasteiger partial charge in [0, 0.05) is 0 Å². The van der Waals surface area contributed by atoms with Gasteiger partial charge in [0.05, 0.1) is 0 Å². The van der Waals surface area contributed by atoms with Gasteiger partial charge >= 0.3 is 0 Å². The molecule has 34 heavy (non-hydrogen) atoms. The van der Waals surface area contributed by atoms with Gasteiger partial charge in [-0.15, -0.1) is 0 Å². The molecule has 0 radical (unpaired) electrons. The zero-order chi connectivity index (χ0) is 28.0. The van der Waals surface area contributed by atoms with Crippen LogP contribution in [0.25, 0.3) is 0 Å². The zero-order valence-electron chi connectivity index (χ0n) is 28.0. The monoisotopic (exact) mass is 475 g/mol. The second-order valence-corrected chi connectivity index (χ2v) is 18.5. The van der Waals surface area contributed by atoms with Crippen LogP contribution in [0, 0.1) is 65.0 Å². The van der Waals surface area contributed by atoms with Gasteiger partial charge in [0.2, 0.25) is 0 Å². The molecule has 202 valence electrons. The van der Waals surface area contributed by atoms with Crippen molar-refractivity contribution in [1.82, 2.24) is 0 Å². The molecule has 3 aliphatic rings. The summed E-state index contributed by atoms with van der Waals surface area (Å²) >= 11 is 0. The molecule has 0 aromatic heterocycles. The first-order valence-electron chi connectivity index (χ1n) is 14.2. The molecule has 0 N–H and O–H groups in total. The molecule has 3 rings (SSSR count). The van der Waals surface area contributed by atoms with Crippen molar-refractivity contribution in [2.75, 3.05) is 0 Å². The van der Waals surface area contributed by atoms with Gasteiger partial charge in [0.1, 0.15) is 0 Å². The van der Waals surface area contributed by atoms with E-state index in [9.17, 15) is 0 Å². The SMILES string of the molecule is CC1(C)C(C)(C)C(C)(C)C2(C)C(C)(C)C(C)(C)C(C)(C)C(C)(C1(C)C)C(C)(C)C(C)(C)C2(C)C. The van der Waals surface area contributed by atoms with Gasteiger partial charge in [0.15, 0.2) is 0 Å². The van der Waals surface area contributed by atoms with Gasteiger partial charge in [-0.1, -0.05) is 152 Å². The maximum atomic E-state index is 2.71. The number of hydrogen-bond donors (Lipinski definition) is 0. The van der Waals surface area contributed by atoms with E-state index in [1.54, 1.807) is 0 Å². The summed E-state index contributed by atoms with van der Waals surface area (Å²) in [5, 5.41) is 0. The van der Waals surface area contributed by atoms with Gasteiger partial charge in [-0.05, 0) is 65.0 Å². The zero-order valence-corrected chi connectivity index (χ0v) is 28.0. The van der Waals surface area contributed by atoms with Crippen LogP contribution in [0.4, 0.5) is 0 Å². The predicted octanol–water partition coefficient (Wildman–Crippen LogP) is 11.3. The Kier molecular flexibility index (Phi) is 5.79. The first-order chi connectivity index (χ1) is 14.2. The highest BCUT2D eigenvalue weighted by Crippen LogP contribution is 2.88. The first kappa shape index (κ1) is 30.2. The lowest BCUT2D eigenvalue weighted by Crippen LogP contribution is -2.75. The van der Waals surface area contributed by atoms with Crippen LogP contribution < -0.4 is 0 Å². The normalized spacial score (nSPS) is 41.5. The Bertz CT molecular complexity index is 736. The summed E-state index contributed by atoms with van der Waals surface area (Å²) in [6.45, 7) is 58.2. The first-order valence-corrected chi connectivity index (χ1v) is 14.2. The molecule has 0 saturated heterocycles. The van der Waals surface area contributed by atoms with Crippen LogP contribution in [0.2, 0.25) is 0 Å². The smallest absolute Gasteiger partial charge is 0.0156 e. The van der Waals surface area contributed by atoms with E-state index in [1.807, 2.05) is 0 Å². The fourth-order valence-electron chi connectivity index (χ4n) is 11.6.